The molecule has 2 rings (SSSR count). The van der Waals surface area contributed by atoms with Crippen LogP contribution in [0.2, 0.25) is 0 Å². The Bertz CT molecular complexity index is 466. The molecule has 5 nitrogen and oxygen atoms in total. The molecule has 0 unspecified atom stereocenters. The van der Waals surface area contributed by atoms with E-state index in [1.54, 1.807) is 11.4 Å². The number of quaternary nitrogens is 1. The molecular weight excluding hydrogens is 262 g/mol. The zero-order valence-electron chi connectivity index (χ0n) is 11.1. The summed E-state index contributed by atoms with van der Waals surface area (Å²) in [6.45, 7) is 4.02. The van der Waals surface area contributed by atoms with E-state index in [-0.39, 0.29) is 11.9 Å². The number of nitrogens with one attached hydrogen (secondary N) is 2. The second kappa shape index (κ2) is 6.16. The van der Waals surface area contributed by atoms with Gasteiger partial charge in [-0.05, 0) is 37.6 Å². The van der Waals surface area contributed by atoms with Gasteiger partial charge in [0.1, 0.15) is 5.00 Å². The van der Waals surface area contributed by atoms with Gasteiger partial charge in [0.05, 0.1) is 18.7 Å². The van der Waals surface area contributed by atoms with Crippen LogP contribution in [0.5, 0.6) is 0 Å². The molecule has 1 aromatic rings. The standard InChI is InChI=1S/C13H19N3O2S/c1-9(16-6-3-2-4-7-16)12(18)15-13-10(11(14)17)5-8-19-13/h5,8-9H,2-4,6-7H2,1H3,(H2,14,17)(H,15,18)/p+1/t9-/m0/s1. The zero-order chi connectivity index (χ0) is 13.8. The van der Waals surface area contributed by atoms with Crippen molar-refractivity contribution in [3.8, 4) is 0 Å². The number of carbonyl (C=O) groups excluding carboxylic acids is 2. The fraction of sp³-hybridized carbons (Fsp3) is 0.538. The van der Waals surface area contributed by atoms with Gasteiger partial charge in [-0.3, -0.25) is 9.59 Å². The first kappa shape index (κ1) is 14.0. The minimum Gasteiger partial charge on any atom is -0.366 e. The Morgan fingerprint density at radius 1 is 1.37 bits per heavy atom. The van der Waals surface area contributed by atoms with Crippen molar-refractivity contribution in [2.45, 2.75) is 32.2 Å². The predicted molar refractivity (Wildman–Crippen MR) is 75.5 cm³/mol. The lowest BCUT2D eigenvalue weighted by molar-refractivity contribution is -0.918. The van der Waals surface area contributed by atoms with Crippen LogP contribution < -0.4 is 16.0 Å². The number of anilines is 1. The van der Waals surface area contributed by atoms with Gasteiger partial charge in [-0.2, -0.15) is 0 Å². The number of nitrogens with two attached hydrogens (primary N) is 1. The summed E-state index contributed by atoms with van der Waals surface area (Å²) in [5.41, 5.74) is 5.65. The molecule has 104 valence electrons. The number of likely N-dealkylation sites (tertiary alicyclic amines) is 1. The van der Waals surface area contributed by atoms with Crippen LogP contribution in [0.25, 0.3) is 0 Å². The molecule has 19 heavy (non-hydrogen) atoms. The average molecular weight is 282 g/mol. The number of rotatable bonds is 4. The topological polar surface area (TPSA) is 76.6 Å². The summed E-state index contributed by atoms with van der Waals surface area (Å²) < 4.78 is 0. The van der Waals surface area contributed by atoms with Gasteiger partial charge >= 0.3 is 0 Å². The summed E-state index contributed by atoms with van der Waals surface area (Å²) in [7, 11) is 0. The monoisotopic (exact) mass is 282 g/mol. The van der Waals surface area contributed by atoms with Gasteiger partial charge in [0.25, 0.3) is 11.8 Å². The minimum absolute atomic E-state index is 0.0400. The fourth-order valence-electron chi connectivity index (χ4n) is 2.44. The quantitative estimate of drug-likeness (QED) is 0.740. The van der Waals surface area contributed by atoms with Crippen LogP contribution in [-0.4, -0.2) is 30.9 Å². The van der Waals surface area contributed by atoms with E-state index in [0.717, 1.165) is 13.1 Å². The Morgan fingerprint density at radius 3 is 2.68 bits per heavy atom. The molecule has 0 aliphatic carbocycles. The number of piperidine rings is 1. The van der Waals surface area contributed by atoms with Gasteiger partial charge < -0.3 is 16.0 Å². The first-order chi connectivity index (χ1) is 9.09. The normalized spacial score (nSPS) is 17.9. The average Bonchev–Trinajstić information content (AvgIpc) is 2.87. The molecule has 0 spiro atoms. The van der Waals surface area contributed by atoms with Crippen molar-refractivity contribution in [3.63, 3.8) is 0 Å². The van der Waals surface area contributed by atoms with Crippen LogP contribution in [0.15, 0.2) is 11.4 Å². The SMILES string of the molecule is C[C@@H](C(=O)Nc1sccc1C(N)=O)[NH+]1CCCCC1. The lowest BCUT2D eigenvalue weighted by Crippen LogP contribution is -3.17. The summed E-state index contributed by atoms with van der Waals surface area (Å²) in [4.78, 5) is 24.7. The smallest absolute Gasteiger partial charge is 0.282 e. The molecular formula is C13H20N3O2S+. The molecule has 0 bridgehead atoms. The summed E-state index contributed by atoms with van der Waals surface area (Å²) in [6.07, 6.45) is 3.62. The van der Waals surface area contributed by atoms with Crippen molar-refractivity contribution in [1.82, 2.24) is 0 Å². The van der Waals surface area contributed by atoms with Gasteiger partial charge in [0.2, 0.25) is 0 Å². The van der Waals surface area contributed by atoms with E-state index in [4.69, 9.17) is 5.73 Å². The molecule has 0 radical (unpaired) electrons. The molecule has 0 saturated carbocycles. The number of carbonyl (C=O) groups is 2. The van der Waals surface area contributed by atoms with Gasteiger partial charge in [-0.15, -0.1) is 11.3 Å². The fourth-order valence-corrected chi connectivity index (χ4v) is 3.24. The van der Waals surface area contributed by atoms with E-state index in [1.807, 2.05) is 6.92 Å². The van der Waals surface area contributed by atoms with Crippen LogP contribution in [-0.2, 0) is 4.79 Å². The highest BCUT2D eigenvalue weighted by Crippen LogP contribution is 2.22. The van der Waals surface area contributed by atoms with E-state index in [2.05, 4.69) is 5.32 Å². The molecule has 1 aromatic heterocycles. The molecule has 1 atom stereocenters. The second-order valence-electron chi connectivity index (χ2n) is 4.96. The molecule has 4 N–H and O–H groups in total. The Labute approximate surface area is 116 Å². The van der Waals surface area contributed by atoms with Crippen molar-refractivity contribution < 1.29 is 14.5 Å². The van der Waals surface area contributed by atoms with E-state index >= 15 is 0 Å². The van der Waals surface area contributed by atoms with Crippen LogP contribution in [0.4, 0.5) is 5.00 Å². The van der Waals surface area contributed by atoms with Crippen molar-refractivity contribution in [2.24, 2.45) is 5.73 Å². The maximum Gasteiger partial charge on any atom is 0.282 e. The molecule has 6 heteroatoms. The van der Waals surface area contributed by atoms with Crippen molar-refractivity contribution >= 4 is 28.2 Å². The van der Waals surface area contributed by atoms with E-state index in [0.29, 0.717) is 10.6 Å². The number of primary amides is 1. The highest BCUT2D eigenvalue weighted by atomic mass is 32.1. The van der Waals surface area contributed by atoms with Crippen molar-refractivity contribution in [2.75, 3.05) is 18.4 Å². The lowest BCUT2D eigenvalue weighted by Gasteiger charge is -2.28. The molecule has 1 saturated heterocycles. The molecule has 1 fully saturated rings. The van der Waals surface area contributed by atoms with Crippen molar-refractivity contribution in [1.29, 1.82) is 0 Å². The molecule has 2 amide bonds. The van der Waals surface area contributed by atoms with Gasteiger partial charge in [0.15, 0.2) is 6.04 Å². The van der Waals surface area contributed by atoms with Crippen LogP contribution in [0, 0.1) is 0 Å². The molecule has 2 heterocycles. The van der Waals surface area contributed by atoms with Gasteiger partial charge in [0, 0.05) is 0 Å². The van der Waals surface area contributed by atoms with Crippen LogP contribution >= 0.6 is 11.3 Å². The maximum atomic E-state index is 12.2. The van der Waals surface area contributed by atoms with E-state index in [1.165, 1.54) is 35.5 Å². The summed E-state index contributed by atoms with van der Waals surface area (Å²) in [5.74, 6) is -0.545. The highest BCUT2D eigenvalue weighted by molar-refractivity contribution is 7.14. The minimum atomic E-state index is -0.505. The van der Waals surface area contributed by atoms with E-state index in [9.17, 15) is 9.59 Å². The highest BCUT2D eigenvalue weighted by Gasteiger charge is 2.27. The van der Waals surface area contributed by atoms with Crippen molar-refractivity contribution in [3.05, 3.63) is 17.0 Å². The Kier molecular flexibility index (Phi) is 4.55. The third-order valence-electron chi connectivity index (χ3n) is 3.67. The number of hydrogen-bond donors (Lipinski definition) is 3. The molecule has 0 aromatic carbocycles. The number of hydrogen-bond acceptors (Lipinski definition) is 3. The molecule has 1 aliphatic rings. The first-order valence-electron chi connectivity index (χ1n) is 6.62. The van der Waals surface area contributed by atoms with Crippen LogP contribution in [0.3, 0.4) is 0 Å². The summed E-state index contributed by atoms with van der Waals surface area (Å²) in [6, 6.07) is 1.55. The zero-order valence-corrected chi connectivity index (χ0v) is 11.9. The van der Waals surface area contributed by atoms with Crippen LogP contribution in [0.1, 0.15) is 36.5 Å². The maximum absolute atomic E-state index is 12.2. The second-order valence-corrected chi connectivity index (χ2v) is 5.87. The lowest BCUT2D eigenvalue weighted by atomic mass is 10.1. The Morgan fingerprint density at radius 2 is 2.05 bits per heavy atom. The molecule has 1 aliphatic heterocycles. The Hall–Kier alpha value is -1.40. The third kappa shape index (κ3) is 3.33. The number of amides is 2. The summed E-state index contributed by atoms with van der Waals surface area (Å²) >= 11 is 1.33. The van der Waals surface area contributed by atoms with Gasteiger partial charge in [-0.1, -0.05) is 0 Å². The third-order valence-corrected chi connectivity index (χ3v) is 4.50. The number of thiophene rings is 1. The summed E-state index contributed by atoms with van der Waals surface area (Å²) in [5, 5.41) is 5.14. The predicted octanol–water partition coefficient (Wildman–Crippen LogP) is 0.243. The Balaban J connectivity index is 1.99. The first-order valence-corrected chi connectivity index (χ1v) is 7.50. The van der Waals surface area contributed by atoms with Gasteiger partial charge in [-0.25, -0.2) is 0 Å². The van der Waals surface area contributed by atoms with E-state index < -0.39 is 5.91 Å². The largest absolute Gasteiger partial charge is 0.366 e.